The van der Waals surface area contributed by atoms with E-state index in [9.17, 15) is 4.79 Å². The molecule has 0 unspecified atom stereocenters. The molecule has 1 saturated carbocycles. The van der Waals surface area contributed by atoms with Crippen LogP contribution in [0, 0.1) is 11.8 Å². The molecule has 3 rings (SSSR count). The Morgan fingerprint density at radius 3 is 2.72 bits per heavy atom. The minimum atomic E-state index is -0.336. The van der Waals surface area contributed by atoms with Crippen molar-refractivity contribution in [2.75, 3.05) is 11.9 Å². The first-order valence-electron chi connectivity index (χ1n) is 6.73. The van der Waals surface area contributed by atoms with Gasteiger partial charge in [0.15, 0.2) is 0 Å². The first kappa shape index (κ1) is 11.6. The largest absolute Gasteiger partial charge is 0.371 e. The zero-order valence-corrected chi connectivity index (χ0v) is 11.0. The molecule has 1 aliphatic heterocycles. The fraction of sp³-hybridized carbons (Fsp3) is 0.533. The average molecular weight is 244 g/mol. The summed E-state index contributed by atoms with van der Waals surface area (Å²) in [7, 11) is 2.18. The molecule has 0 spiro atoms. The fourth-order valence-corrected chi connectivity index (χ4v) is 3.47. The second kappa shape index (κ2) is 4.01. The van der Waals surface area contributed by atoms with Crippen molar-refractivity contribution in [1.82, 2.24) is 0 Å². The number of nitrogens with two attached hydrogens (primary N) is 1. The van der Waals surface area contributed by atoms with Crippen LogP contribution < -0.4 is 10.6 Å². The first-order valence-corrected chi connectivity index (χ1v) is 6.73. The maximum Gasteiger partial charge on any atom is 0.248 e. The van der Waals surface area contributed by atoms with Crippen LogP contribution in [0.25, 0.3) is 0 Å². The van der Waals surface area contributed by atoms with Gasteiger partial charge in [-0.2, -0.15) is 0 Å². The number of hydrogen-bond acceptors (Lipinski definition) is 2. The van der Waals surface area contributed by atoms with Gasteiger partial charge in [-0.1, -0.05) is 6.92 Å². The maximum absolute atomic E-state index is 11.2. The van der Waals surface area contributed by atoms with Crippen LogP contribution in [0.5, 0.6) is 0 Å². The van der Waals surface area contributed by atoms with Crippen LogP contribution in [0.2, 0.25) is 0 Å². The average Bonchev–Trinajstić information content (AvgIpc) is 3.12. The molecule has 2 aliphatic rings. The maximum atomic E-state index is 11.2. The minimum absolute atomic E-state index is 0.336. The SMILES string of the molecule is C[C@@H]1Cc2cc(C(N)=O)ccc2N(C)[C@H]1C1CC1. The third-order valence-corrected chi connectivity index (χ3v) is 4.42. The molecule has 96 valence electrons. The molecule has 3 heteroatoms. The van der Waals surface area contributed by atoms with Gasteiger partial charge in [-0.15, -0.1) is 0 Å². The van der Waals surface area contributed by atoms with Gasteiger partial charge in [0.1, 0.15) is 0 Å². The predicted molar refractivity (Wildman–Crippen MR) is 72.7 cm³/mol. The highest BCUT2D eigenvalue weighted by molar-refractivity contribution is 5.93. The van der Waals surface area contributed by atoms with Crippen molar-refractivity contribution in [2.45, 2.75) is 32.2 Å². The van der Waals surface area contributed by atoms with Gasteiger partial charge in [-0.05, 0) is 54.9 Å². The minimum Gasteiger partial charge on any atom is -0.371 e. The summed E-state index contributed by atoms with van der Waals surface area (Å²) < 4.78 is 0. The van der Waals surface area contributed by atoms with Crippen molar-refractivity contribution < 1.29 is 4.79 Å². The van der Waals surface area contributed by atoms with Crippen LogP contribution in [0.4, 0.5) is 5.69 Å². The highest BCUT2D eigenvalue weighted by Gasteiger charge is 2.40. The van der Waals surface area contributed by atoms with E-state index in [1.54, 1.807) is 0 Å². The first-order chi connectivity index (χ1) is 8.58. The number of fused-ring (bicyclic) bond motifs is 1. The summed E-state index contributed by atoms with van der Waals surface area (Å²) in [5.41, 5.74) is 8.51. The molecular formula is C15H20N2O. The lowest BCUT2D eigenvalue weighted by Gasteiger charge is -2.41. The van der Waals surface area contributed by atoms with E-state index in [0.717, 1.165) is 12.3 Å². The third-order valence-electron chi connectivity index (χ3n) is 4.42. The fourth-order valence-electron chi connectivity index (χ4n) is 3.47. The molecule has 1 aliphatic carbocycles. The Labute approximate surface area is 108 Å². The standard InChI is InChI=1S/C15H20N2O/c1-9-7-12-8-11(15(16)18)5-6-13(12)17(2)14(9)10-3-4-10/h5-6,8-10,14H,3-4,7H2,1-2H3,(H2,16,18)/t9-,14-/m1/s1. The Morgan fingerprint density at radius 1 is 1.39 bits per heavy atom. The molecule has 0 saturated heterocycles. The summed E-state index contributed by atoms with van der Waals surface area (Å²) in [6.07, 6.45) is 3.80. The third kappa shape index (κ3) is 1.78. The number of amides is 1. The van der Waals surface area contributed by atoms with E-state index >= 15 is 0 Å². The van der Waals surface area contributed by atoms with Gasteiger partial charge in [-0.25, -0.2) is 0 Å². The van der Waals surface area contributed by atoms with Crippen molar-refractivity contribution in [2.24, 2.45) is 17.6 Å². The quantitative estimate of drug-likeness (QED) is 0.867. The number of hydrogen-bond donors (Lipinski definition) is 1. The van der Waals surface area contributed by atoms with E-state index < -0.39 is 0 Å². The monoisotopic (exact) mass is 244 g/mol. The second-order valence-electron chi connectivity index (χ2n) is 5.83. The van der Waals surface area contributed by atoms with Gasteiger partial charge in [0, 0.05) is 24.3 Å². The van der Waals surface area contributed by atoms with Crippen molar-refractivity contribution >= 4 is 11.6 Å². The van der Waals surface area contributed by atoms with Crippen LogP contribution in [0.3, 0.4) is 0 Å². The van der Waals surface area contributed by atoms with Crippen molar-refractivity contribution in [1.29, 1.82) is 0 Å². The molecule has 0 aromatic heterocycles. The van der Waals surface area contributed by atoms with Crippen molar-refractivity contribution in [3.05, 3.63) is 29.3 Å². The number of carbonyl (C=O) groups excluding carboxylic acids is 1. The van der Waals surface area contributed by atoms with E-state index in [-0.39, 0.29) is 5.91 Å². The predicted octanol–water partition coefficient (Wildman–Crippen LogP) is 2.19. The van der Waals surface area contributed by atoms with Gasteiger partial charge in [-0.3, -0.25) is 4.79 Å². The Morgan fingerprint density at radius 2 is 2.11 bits per heavy atom. The zero-order chi connectivity index (χ0) is 12.9. The second-order valence-corrected chi connectivity index (χ2v) is 5.83. The van der Waals surface area contributed by atoms with Crippen molar-refractivity contribution in [3.63, 3.8) is 0 Å². The van der Waals surface area contributed by atoms with Gasteiger partial charge in [0.2, 0.25) is 5.91 Å². The molecule has 2 atom stereocenters. The van der Waals surface area contributed by atoms with E-state index in [1.807, 2.05) is 12.1 Å². The van der Waals surface area contributed by atoms with E-state index in [1.165, 1.54) is 24.1 Å². The summed E-state index contributed by atoms with van der Waals surface area (Å²) in [6, 6.07) is 6.53. The summed E-state index contributed by atoms with van der Waals surface area (Å²) in [5, 5.41) is 0. The number of anilines is 1. The van der Waals surface area contributed by atoms with Crippen LogP contribution in [-0.4, -0.2) is 19.0 Å². The lowest BCUT2D eigenvalue weighted by Crippen LogP contribution is -2.43. The van der Waals surface area contributed by atoms with Gasteiger partial charge < -0.3 is 10.6 Å². The summed E-state index contributed by atoms with van der Waals surface area (Å²) in [4.78, 5) is 13.6. The van der Waals surface area contributed by atoms with E-state index in [0.29, 0.717) is 17.5 Å². The molecule has 18 heavy (non-hydrogen) atoms. The molecule has 1 heterocycles. The Hall–Kier alpha value is -1.51. The van der Waals surface area contributed by atoms with E-state index in [4.69, 9.17) is 5.73 Å². The van der Waals surface area contributed by atoms with Crippen LogP contribution in [0.15, 0.2) is 18.2 Å². The van der Waals surface area contributed by atoms with Crippen LogP contribution >= 0.6 is 0 Å². The van der Waals surface area contributed by atoms with Crippen molar-refractivity contribution in [3.8, 4) is 0 Å². The van der Waals surface area contributed by atoms with Crippen LogP contribution in [-0.2, 0) is 6.42 Å². The van der Waals surface area contributed by atoms with Crippen LogP contribution in [0.1, 0.15) is 35.7 Å². The smallest absolute Gasteiger partial charge is 0.248 e. The molecule has 1 aromatic carbocycles. The Kier molecular flexibility index (Phi) is 2.58. The Bertz CT molecular complexity index is 493. The highest BCUT2D eigenvalue weighted by Crippen LogP contribution is 2.44. The van der Waals surface area contributed by atoms with E-state index in [2.05, 4.69) is 24.9 Å². The Balaban J connectivity index is 1.98. The van der Waals surface area contributed by atoms with Gasteiger partial charge in [0.05, 0.1) is 0 Å². The molecule has 1 amide bonds. The molecular weight excluding hydrogens is 224 g/mol. The lowest BCUT2D eigenvalue weighted by molar-refractivity contribution is 0.1000. The number of benzene rings is 1. The summed E-state index contributed by atoms with van der Waals surface area (Å²) in [5.74, 6) is 1.18. The molecule has 1 aromatic rings. The highest BCUT2D eigenvalue weighted by atomic mass is 16.1. The number of primary amides is 1. The van der Waals surface area contributed by atoms with Gasteiger partial charge >= 0.3 is 0 Å². The number of nitrogens with zero attached hydrogens (tertiary/aromatic N) is 1. The summed E-state index contributed by atoms with van der Waals surface area (Å²) in [6.45, 7) is 2.32. The topological polar surface area (TPSA) is 46.3 Å². The van der Waals surface area contributed by atoms with Gasteiger partial charge in [0.25, 0.3) is 0 Å². The zero-order valence-electron chi connectivity index (χ0n) is 11.0. The molecule has 2 N–H and O–H groups in total. The molecule has 0 bridgehead atoms. The summed E-state index contributed by atoms with van der Waals surface area (Å²) >= 11 is 0. The lowest BCUT2D eigenvalue weighted by atomic mass is 9.84. The number of carbonyl (C=O) groups is 1. The number of rotatable bonds is 2. The molecule has 0 radical (unpaired) electrons. The molecule has 3 nitrogen and oxygen atoms in total. The normalized spacial score (nSPS) is 26.9. The molecule has 1 fully saturated rings.